The number of hydrogen-bond acceptors (Lipinski definition) is 4. The van der Waals surface area contributed by atoms with Crippen LogP contribution in [0.15, 0.2) is 0 Å². The number of rotatable bonds is 5. The van der Waals surface area contributed by atoms with E-state index in [1.54, 1.807) is 0 Å². The van der Waals surface area contributed by atoms with Gasteiger partial charge >= 0.3 is 11.9 Å². The zero-order chi connectivity index (χ0) is 13.1. The molecule has 5 nitrogen and oxygen atoms in total. The maximum Gasteiger partial charge on any atom is 0.310 e. The van der Waals surface area contributed by atoms with Gasteiger partial charge in [0, 0.05) is 0 Å². The van der Waals surface area contributed by atoms with Gasteiger partial charge in [-0.25, -0.2) is 0 Å². The van der Waals surface area contributed by atoms with Crippen molar-refractivity contribution >= 4 is 17.7 Å². The van der Waals surface area contributed by atoms with Crippen LogP contribution >= 0.6 is 0 Å². The Labute approximate surface area is 94.8 Å². The molecule has 2 unspecified atom stereocenters. The first-order valence-electron chi connectivity index (χ1n) is 5.06. The molecule has 0 radical (unpaired) electrons. The highest BCUT2D eigenvalue weighted by Crippen LogP contribution is 2.18. The van der Waals surface area contributed by atoms with Gasteiger partial charge < -0.3 is 9.84 Å². The number of aliphatic carboxylic acids is 1. The minimum Gasteiger partial charge on any atom is -0.481 e. The quantitative estimate of drug-likeness (QED) is 0.719. The summed E-state index contributed by atoms with van der Waals surface area (Å²) in [6.07, 6.45) is 0. The van der Waals surface area contributed by atoms with Crippen LogP contribution in [-0.4, -0.2) is 28.4 Å². The summed E-state index contributed by atoms with van der Waals surface area (Å²) in [4.78, 5) is 33.4. The predicted octanol–water partition coefficient (Wildman–Crippen LogP) is 1.25. The number of Topliss-reactive ketones (excluding diaryl/α,β-unsaturated/α-hetero) is 1. The number of ether oxygens (including phenoxy) is 1. The van der Waals surface area contributed by atoms with Crippen LogP contribution in [0, 0.1) is 11.8 Å². The molecule has 1 N–H and O–H groups in total. The van der Waals surface area contributed by atoms with Gasteiger partial charge in [0.25, 0.3) is 0 Å². The van der Waals surface area contributed by atoms with Gasteiger partial charge in [-0.2, -0.15) is 0 Å². The topological polar surface area (TPSA) is 80.7 Å². The molecule has 0 spiro atoms. The molecule has 16 heavy (non-hydrogen) atoms. The van der Waals surface area contributed by atoms with E-state index >= 15 is 0 Å². The standard InChI is InChI=1S/C11H18O5/c1-6(9(13)14)7(2)10(15)16-11(4,5)8(3)12/h6-7H,1-5H3,(H,13,14). The first-order chi connectivity index (χ1) is 7.09. The zero-order valence-electron chi connectivity index (χ0n) is 10.2. The molecule has 0 rings (SSSR count). The van der Waals surface area contributed by atoms with Crippen molar-refractivity contribution in [2.75, 3.05) is 0 Å². The van der Waals surface area contributed by atoms with Crippen molar-refractivity contribution in [3.8, 4) is 0 Å². The van der Waals surface area contributed by atoms with E-state index in [1.165, 1.54) is 34.6 Å². The molecule has 0 aromatic heterocycles. The van der Waals surface area contributed by atoms with E-state index in [1.807, 2.05) is 0 Å². The summed E-state index contributed by atoms with van der Waals surface area (Å²) in [5, 5.41) is 8.73. The second-order valence-corrected chi connectivity index (χ2v) is 4.40. The number of carbonyl (C=O) groups is 3. The smallest absolute Gasteiger partial charge is 0.310 e. The maximum absolute atomic E-state index is 11.6. The summed E-state index contributed by atoms with van der Waals surface area (Å²) in [5.74, 6) is -3.64. The van der Waals surface area contributed by atoms with E-state index in [0.29, 0.717) is 0 Å². The molecule has 0 heterocycles. The highest BCUT2D eigenvalue weighted by atomic mass is 16.6. The van der Waals surface area contributed by atoms with Crippen LogP contribution in [0.5, 0.6) is 0 Å². The van der Waals surface area contributed by atoms with Gasteiger partial charge in [0.1, 0.15) is 0 Å². The fraction of sp³-hybridized carbons (Fsp3) is 0.727. The number of ketones is 1. The lowest BCUT2D eigenvalue weighted by Gasteiger charge is -2.25. The summed E-state index contributed by atoms with van der Waals surface area (Å²) in [5.41, 5.74) is -1.20. The van der Waals surface area contributed by atoms with Gasteiger partial charge in [-0.3, -0.25) is 14.4 Å². The van der Waals surface area contributed by atoms with Gasteiger partial charge in [-0.15, -0.1) is 0 Å². The Morgan fingerprint density at radius 2 is 1.56 bits per heavy atom. The Morgan fingerprint density at radius 3 is 1.88 bits per heavy atom. The third-order valence-electron chi connectivity index (χ3n) is 2.71. The van der Waals surface area contributed by atoms with Crippen molar-refractivity contribution in [2.45, 2.75) is 40.2 Å². The molecule has 0 aromatic rings. The molecule has 2 atom stereocenters. The van der Waals surface area contributed by atoms with Crippen molar-refractivity contribution in [3.05, 3.63) is 0 Å². The number of carboxylic acid groups (broad SMARTS) is 1. The molecule has 0 saturated carbocycles. The van der Waals surface area contributed by atoms with E-state index in [2.05, 4.69) is 0 Å². The molecular weight excluding hydrogens is 212 g/mol. The van der Waals surface area contributed by atoms with Gasteiger partial charge in [-0.1, -0.05) is 13.8 Å². The third-order valence-corrected chi connectivity index (χ3v) is 2.71. The van der Waals surface area contributed by atoms with Gasteiger partial charge in [0.05, 0.1) is 11.8 Å². The second-order valence-electron chi connectivity index (χ2n) is 4.40. The normalized spacial score (nSPS) is 15.1. The fourth-order valence-corrected chi connectivity index (χ4v) is 0.834. The van der Waals surface area contributed by atoms with Gasteiger partial charge in [0.15, 0.2) is 11.4 Å². The Balaban J connectivity index is 4.60. The minimum absolute atomic E-state index is 0.281. The number of esters is 1. The Kier molecular flexibility index (Phi) is 4.65. The first-order valence-corrected chi connectivity index (χ1v) is 5.06. The van der Waals surface area contributed by atoms with Crippen LogP contribution in [0.3, 0.4) is 0 Å². The monoisotopic (exact) mass is 230 g/mol. The zero-order valence-corrected chi connectivity index (χ0v) is 10.2. The van der Waals surface area contributed by atoms with Gasteiger partial charge in [0.2, 0.25) is 0 Å². The van der Waals surface area contributed by atoms with Crippen LogP contribution in [0.25, 0.3) is 0 Å². The predicted molar refractivity (Wildman–Crippen MR) is 56.8 cm³/mol. The second kappa shape index (κ2) is 5.09. The van der Waals surface area contributed by atoms with Crippen molar-refractivity contribution in [1.82, 2.24) is 0 Å². The average Bonchev–Trinajstić information content (AvgIpc) is 2.14. The highest BCUT2D eigenvalue weighted by Gasteiger charge is 2.34. The summed E-state index contributed by atoms with van der Waals surface area (Å²) >= 11 is 0. The lowest BCUT2D eigenvalue weighted by molar-refractivity contribution is -0.170. The van der Waals surface area contributed by atoms with Crippen LogP contribution in [-0.2, 0) is 19.1 Å². The Hall–Kier alpha value is -1.39. The fourth-order valence-electron chi connectivity index (χ4n) is 0.834. The third kappa shape index (κ3) is 3.64. The van der Waals surface area contributed by atoms with E-state index in [-0.39, 0.29) is 5.78 Å². The van der Waals surface area contributed by atoms with Crippen molar-refractivity contribution in [3.63, 3.8) is 0 Å². The molecular formula is C11H18O5. The number of carbonyl (C=O) groups excluding carboxylic acids is 2. The molecule has 5 heteroatoms. The molecule has 92 valence electrons. The lowest BCUT2D eigenvalue weighted by atomic mass is 9.96. The number of carboxylic acids is 1. The number of hydrogen-bond donors (Lipinski definition) is 1. The molecule has 0 aromatic carbocycles. The minimum atomic E-state index is -1.20. The molecule has 0 aliphatic carbocycles. The van der Waals surface area contributed by atoms with Crippen molar-refractivity contribution < 1.29 is 24.2 Å². The van der Waals surface area contributed by atoms with E-state index in [9.17, 15) is 14.4 Å². The first kappa shape index (κ1) is 14.6. The van der Waals surface area contributed by atoms with E-state index < -0.39 is 29.4 Å². The van der Waals surface area contributed by atoms with Crippen LogP contribution < -0.4 is 0 Å². The lowest BCUT2D eigenvalue weighted by Crippen LogP contribution is -2.39. The summed E-state index contributed by atoms with van der Waals surface area (Å²) in [7, 11) is 0. The van der Waals surface area contributed by atoms with Crippen LogP contribution in [0.1, 0.15) is 34.6 Å². The average molecular weight is 230 g/mol. The van der Waals surface area contributed by atoms with Crippen molar-refractivity contribution in [1.29, 1.82) is 0 Å². The highest BCUT2D eigenvalue weighted by molar-refractivity contribution is 5.88. The molecule has 0 aliphatic rings. The molecule has 0 bridgehead atoms. The largest absolute Gasteiger partial charge is 0.481 e. The van der Waals surface area contributed by atoms with Gasteiger partial charge in [-0.05, 0) is 20.8 Å². The SMILES string of the molecule is CC(=O)C(C)(C)OC(=O)C(C)C(C)C(=O)O. The molecule has 0 saturated heterocycles. The van der Waals surface area contributed by atoms with E-state index in [0.717, 1.165) is 0 Å². The Bertz CT molecular complexity index is 305. The Morgan fingerprint density at radius 1 is 1.12 bits per heavy atom. The van der Waals surface area contributed by atoms with Crippen molar-refractivity contribution in [2.24, 2.45) is 11.8 Å². The molecule has 0 fully saturated rings. The summed E-state index contributed by atoms with van der Waals surface area (Å²) < 4.78 is 4.98. The molecule has 0 amide bonds. The maximum atomic E-state index is 11.6. The summed E-state index contributed by atoms with van der Waals surface area (Å²) in [6.45, 7) is 7.17. The molecule has 0 aliphatic heterocycles. The van der Waals surface area contributed by atoms with E-state index in [4.69, 9.17) is 9.84 Å². The van der Waals surface area contributed by atoms with Crippen LogP contribution in [0.2, 0.25) is 0 Å². The summed E-state index contributed by atoms with van der Waals surface area (Å²) in [6, 6.07) is 0. The van der Waals surface area contributed by atoms with Crippen LogP contribution in [0.4, 0.5) is 0 Å².